The third-order valence-corrected chi connectivity index (χ3v) is 4.45. The van der Waals surface area contributed by atoms with Crippen LogP contribution in [0.5, 0.6) is 0 Å². The van der Waals surface area contributed by atoms with Gasteiger partial charge in [0.2, 0.25) is 0 Å². The molecule has 0 aromatic heterocycles. The molecule has 0 saturated heterocycles. The Labute approximate surface area is 57.5 Å². The summed E-state index contributed by atoms with van der Waals surface area (Å²) < 4.78 is 0. The zero-order valence-corrected chi connectivity index (χ0v) is 7.60. The summed E-state index contributed by atoms with van der Waals surface area (Å²) in [6, 6.07) is 0. The van der Waals surface area contributed by atoms with Gasteiger partial charge >= 0.3 is 0 Å². The maximum absolute atomic E-state index is 5.51. The summed E-state index contributed by atoms with van der Waals surface area (Å²) in [4.78, 5) is 0. The second-order valence-corrected chi connectivity index (χ2v) is 12.3. The van der Waals surface area contributed by atoms with Crippen LogP contribution in [0.4, 0.5) is 0 Å². The Balaban J connectivity index is 3.17. The summed E-state index contributed by atoms with van der Waals surface area (Å²) in [6.07, 6.45) is 4.36. The van der Waals surface area contributed by atoms with E-state index >= 15 is 0 Å². The van der Waals surface area contributed by atoms with Crippen LogP contribution in [-0.2, 0) is 0 Å². The minimum absolute atomic E-state index is 0.427. The summed E-state index contributed by atoms with van der Waals surface area (Å²) in [6.45, 7) is 0. The SMILES string of the molecule is CS(C)(I)CCl. The molecule has 0 aliphatic rings. The summed E-state index contributed by atoms with van der Waals surface area (Å²) in [5.41, 5.74) is 0. The first-order chi connectivity index (χ1) is 2.56. The molecule has 0 nitrogen and oxygen atoms in total. The van der Waals surface area contributed by atoms with E-state index in [1.807, 2.05) is 0 Å². The van der Waals surface area contributed by atoms with Crippen molar-refractivity contribution >= 4 is 40.0 Å². The first-order valence-electron chi connectivity index (χ1n) is 1.53. The van der Waals surface area contributed by atoms with E-state index in [1.165, 1.54) is 0 Å². The highest BCUT2D eigenvalue weighted by Gasteiger charge is 2.00. The molecule has 0 atom stereocenters. The number of rotatable bonds is 1. The highest BCUT2D eigenvalue weighted by molar-refractivity contribution is 14.2. The van der Waals surface area contributed by atoms with E-state index in [9.17, 15) is 0 Å². The Morgan fingerprint density at radius 2 is 1.83 bits per heavy atom. The highest BCUT2D eigenvalue weighted by atomic mass is 127. The molecule has 0 unspecified atom stereocenters. The average Bonchev–Trinajstić information content (AvgIpc) is 1.35. The van der Waals surface area contributed by atoms with Gasteiger partial charge in [-0.3, -0.25) is 0 Å². The van der Waals surface area contributed by atoms with E-state index in [1.54, 1.807) is 0 Å². The monoisotopic (exact) mass is 238 g/mol. The van der Waals surface area contributed by atoms with Crippen molar-refractivity contribution in [3.63, 3.8) is 0 Å². The van der Waals surface area contributed by atoms with Gasteiger partial charge < -0.3 is 0 Å². The molecule has 0 aliphatic carbocycles. The first kappa shape index (κ1) is 7.37. The third kappa shape index (κ3) is 5.37. The fourth-order valence-electron chi connectivity index (χ4n) is 0. The number of hydrogen-bond donors (Lipinski definition) is 0. The Hall–Kier alpha value is 1.37. The van der Waals surface area contributed by atoms with Gasteiger partial charge in [-0.2, -0.15) is 7.20 Å². The van der Waals surface area contributed by atoms with Gasteiger partial charge in [0.25, 0.3) is 0 Å². The molecule has 0 aromatic rings. The number of hydrogen-bond acceptors (Lipinski definition) is 0. The van der Waals surface area contributed by atoms with Gasteiger partial charge in [-0.15, -0.1) is 11.6 Å². The van der Waals surface area contributed by atoms with E-state index < -0.39 is 7.20 Å². The van der Waals surface area contributed by atoms with Crippen LogP contribution in [0.2, 0.25) is 0 Å². The standard InChI is InChI=1S/C3H8ClIS/c1-6(2,5)3-4/h3H2,1-2H3. The van der Waals surface area contributed by atoms with Gasteiger partial charge in [0.05, 0.1) is 5.21 Å². The maximum atomic E-state index is 5.51. The Kier molecular flexibility index (Phi) is 3.22. The number of halogens is 2. The van der Waals surface area contributed by atoms with E-state index in [0.29, 0.717) is 0 Å². The Morgan fingerprint density at radius 1 is 1.67 bits per heavy atom. The van der Waals surface area contributed by atoms with Crippen LogP contribution >= 0.6 is 40.0 Å². The lowest BCUT2D eigenvalue weighted by Gasteiger charge is -2.16. The minimum atomic E-state index is -0.427. The maximum Gasteiger partial charge on any atom is 0.0600 e. The molecular weight excluding hydrogens is 230 g/mol. The summed E-state index contributed by atoms with van der Waals surface area (Å²) in [5, 5.41) is 0.813. The third-order valence-electron chi connectivity index (χ3n) is 0.259. The van der Waals surface area contributed by atoms with Crippen molar-refractivity contribution in [1.29, 1.82) is 0 Å². The van der Waals surface area contributed by atoms with Crippen molar-refractivity contribution in [2.75, 3.05) is 17.7 Å². The zero-order chi connectivity index (χ0) is 5.21. The highest BCUT2D eigenvalue weighted by Crippen LogP contribution is 2.49. The Morgan fingerprint density at radius 3 is 1.83 bits per heavy atom. The van der Waals surface area contributed by atoms with Gasteiger partial charge in [0, 0.05) is 0 Å². The van der Waals surface area contributed by atoms with E-state index in [4.69, 9.17) is 11.6 Å². The fourth-order valence-corrected chi connectivity index (χ4v) is 0. The fraction of sp³-hybridized carbons (Fsp3) is 1.00. The molecular formula is C3H8ClIS. The molecule has 0 saturated carbocycles. The van der Waals surface area contributed by atoms with Crippen LogP contribution < -0.4 is 0 Å². The molecule has 6 heavy (non-hydrogen) atoms. The van der Waals surface area contributed by atoms with Crippen LogP contribution in [0.3, 0.4) is 0 Å². The van der Waals surface area contributed by atoms with E-state index in [0.717, 1.165) is 5.21 Å². The zero-order valence-electron chi connectivity index (χ0n) is 3.87. The molecule has 0 fully saturated rings. The predicted molar refractivity (Wildman–Crippen MR) is 44.2 cm³/mol. The summed E-state index contributed by atoms with van der Waals surface area (Å²) in [5.74, 6) is 0. The van der Waals surface area contributed by atoms with Crippen LogP contribution in [-0.4, -0.2) is 17.7 Å². The lowest BCUT2D eigenvalue weighted by atomic mass is 11.8. The van der Waals surface area contributed by atoms with Crippen molar-refractivity contribution in [3.05, 3.63) is 0 Å². The second-order valence-electron chi connectivity index (χ2n) is 1.51. The average molecular weight is 239 g/mol. The summed E-state index contributed by atoms with van der Waals surface area (Å²) >= 11 is 7.90. The van der Waals surface area contributed by atoms with Crippen LogP contribution in [0, 0.1) is 0 Å². The van der Waals surface area contributed by atoms with Gasteiger partial charge in [-0.25, -0.2) is 0 Å². The van der Waals surface area contributed by atoms with E-state index in [2.05, 4.69) is 33.7 Å². The molecule has 0 rings (SSSR count). The molecule has 0 heterocycles. The van der Waals surface area contributed by atoms with Crippen molar-refractivity contribution < 1.29 is 0 Å². The van der Waals surface area contributed by atoms with Gasteiger partial charge in [0.15, 0.2) is 0 Å². The minimum Gasteiger partial charge on any atom is -0.179 e. The van der Waals surface area contributed by atoms with Crippen molar-refractivity contribution in [2.45, 2.75) is 0 Å². The van der Waals surface area contributed by atoms with Gasteiger partial charge in [-0.1, -0.05) is 0 Å². The molecule has 0 N–H and O–H groups in total. The van der Waals surface area contributed by atoms with Gasteiger partial charge in [0.1, 0.15) is 0 Å². The molecule has 0 bridgehead atoms. The first-order valence-corrected chi connectivity index (χ1v) is 7.22. The lowest BCUT2D eigenvalue weighted by molar-refractivity contribution is 2.08. The molecule has 0 aliphatic heterocycles. The molecule has 0 radical (unpaired) electrons. The smallest absolute Gasteiger partial charge is 0.0600 e. The second kappa shape index (κ2) is 2.62. The molecule has 0 aromatic carbocycles. The molecule has 3 heteroatoms. The predicted octanol–water partition coefficient (Wildman–Crippen LogP) is 2.60. The van der Waals surface area contributed by atoms with Crippen LogP contribution in [0.15, 0.2) is 0 Å². The topological polar surface area (TPSA) is 0 Å². The van der Waals surface area contributed by atoms with Crippen molar-refractivity contribution in [1.82, 2.24) is 0 Å². The molecule has 0 spiro atoms. The van der Waals surface area contributed by atoms with Crippen molar-refractivity contribution in [3.8, 4) is 0 Å². The normalized spacial score (nSPS) is 14.7. The molecule has 40 valence electrons. The summed E-state index contributed by atoms with van der Waals surface area (Å²) in [7, 11) is -0.427. The largest absolute Gasteiger partial charge is 0.179 e. The van der Waals surface area contributed by atoms with Crippen LogP contribution in [0.25, 0.3) is 0 Å². The molecule has 0 amide bonds. The number of alkyl halides is 1. The van der Waals surface area contributed by atoms with Gasteiger partial charge in [-0.05, 0) is 33.7 Å². The van der Waals surface area contributed by atoms with E-state index in [-0.39, 0.29) is 0 Å². The van der Waals surface area contributed by atoms with Crippen LogP contribution in [0.1, 0.15) is 0 Å². The van der Waals surface area contributed by atoms with Crippen molar-refractivity contribution in [2.24, 2.45) is 0 Å². The lowest BCUT2D eigenvalue weighted by Crippen LogP contribution is -1.80. The Bertz CT molecular complexity index is 40.5. The quantitative estimate of drug-likeness (QED) is 0.487.